The number of hydrogen-bond acceptors (Lipinski definition) is 2. The Morgan fingerprint density at radius 3 is 2.75 bits per heavy atom. The topological polar surface area (TPSA) is 46.5 Å². The van der Waals surface area contributed by atoms with Crippen LogP contribution in [0.25, 0.3) is 0 Å². The molecular weight excluding hydrogens is 204 g/mol. The van der Waals surface area contributed by atoms with Crippen LogP contribution in [0.15, 0.2) is 30.4 Å². The Labute approximate surface area is 95.4 Å². The van der Waals surface area contributed by atoms with Gasteiger partial charge in [-0.15, -0.1) is 6.58 Å². The quantitative estimate of drug-likeness (QED) is 0.776. The predicted molar refractivity (Wildman–Crippen MR) is 63.1 cm³/mol. The van der Waals surface area contributed by atoms with Crippen molar-refractivity contribution in [1.82, 2.24) is 0 Å². The molecule has 0 heterocycles. The number of carbonyl (C=O) groups is 1. The second kappa shape index (κ2) is 5.35. The van der Waals surface area contributed by atoms with Crippen molar-refractivity contribution in [2.75, 3.05) is 6.61 Å². The van der Waals surface area contributed by atoms with Crippen LogP contribution in [0.3, 0.4) is 0 Å². The highest BCUT2D eigenvalue weighted by Crippen LogP contribution is 2.21. The predicted octanol–water partition coefficient (Wildman–Crippen LogP) is 3.04. The van der Waals surface area contributed by atoms with Crippen LogP contribution in [-0.4, -0.2) is 17.7 Å². The molecule has 3 nitrogen and oxygen atoms in total. The normalized spacial score (nSPS) is 9.88. The van der Waals surface area contributed by atoms with Gasteiger partial charge < -0.3 is 9.84 Å². The van der Waals surface area contributed by atoms with Crippen molar-refractivity contribution < 1.29 is 14.6 Å². The number of carboxylic acid groups (broad SMARTS) is 1. The van der Waals surface area contributed by atoms with Crippen LogP contribution in [0.5, 0.6) is 5.75 Å². The zero-order valence-electron chi connectivity index (χ0n) is 9.62. The second-order valence-electron chi connectivity index (χ2n) is 3.79. The zero-order valence-corrected chi connectivity index (χ0v) is 9.62. The molecule has 0 bridgehead atoms. The highest BCUT2D eigenvalue weighted by molar-refractivity contribution is 5.90. The fourth-order valence-corrected chi connectivity index (χ4v) is 1.34. The van der Waals surface area contributed by atoms with E-state index in [2.05, 4.69) is 6.58 Å². The van der Waals surface area contributed by atoms with E-state index >= 15 is 0 Å². The Bertz CT molecular complexity index is 408. The minimum Gasteiger partial charge on any atom is -0.493 e. The first-order chi connectivity index (χ1) is 7.52. The van der Waals surface area contributed by atoms with Crippen LogP contribution in [-0.2, 0) is 0 Å². The van der Waals surface area contributed by atoms with Crippen LogP contribution in [0, 0.1) is 6.92 Å². The Morgan fingerprint density at radius 2 is 2.19 bits per heavy atom. The molecule has 0 spiro atoms. The van der Waals surface area contributed by atoms with Gasteiger partial charge >= 0.3 is 5.97 Å². The summed E-state index contributed by atoms with van der Waals surface area (Å²) in [5, 5.41) is 8.93. The average molecular weight is 220 g/mol. The zero-order chi connectivity index (χ0) is 12.1. The molecule has 0 aliphatic heterocycles. The number of rotatable bonds is 5. The Balaban J connectivity index is 2.77. The molecule has 16 heavy (non-hydrogen) atoms. The lowest BCUT2D eigenvalue weighted by Crippen LogP contribution is -2.04. The molecular formula is C13H16O3. The smallest absolute Gasteiger partial charge is 0.336 e. The van der Waals surface area contributed by atoms with Crippen molar-refractivity contribution in [2.45, 2.75) is 20.3 Å². The van der Waals surface area contributed by atoms with E-state index in [0.717, 1.165) is 12.0 Å². The van der Waals surface area contributed by atoms with Crippen molar-refractivity contribution >= 4 is 5.97 Å². The molecule has 0 unspecified atom stereocenters. The van der Waals surface area contributed by atoms with Crippen LogP contribution in [0.1, 0.15) is 29.3 Å². The van der Waals surface area contributed by atoms with E-state index in [-0.39, 0.29) is 5.56 Å². The van der Waals surface area contributed by atoms with E-state index in [1.54, 1.807) is 25.1 Å². The van der Waals surface area contributed by atoms with Gasteiger partial charge in [0.05, 0.1) is 12.2 Å². The third-order valence-corrected chi connectivity index (χ3v) is 2.30. The standard InChI is InChI=1S/C13H16O3/c1-9(2)7-8-16-12-6-4-5-11(10(12)3)13(14)15/h4-6H,1,7-8H2,2-3H3,(H,14,15). The van der Waals surface area contributed by atoms with Gasteiger partial charge in [-0.05, 0) is 26.0 Å². The maximum Gasteiger partial charge on any atom is 0.336 e. The highest BCUT2D eigenvalue weighted by Gasteiger charge is 2.10. The van der Waals surface area contributed by atoms with Crippen LogP contribution in [0.4, 0.5) is 0 Å². The molecule has 3 heteroatoms. The molecule has 1 aromatic carbocycles. The van der Waals surface area contributed by atoms with Crippen molar-refractivity contribution in [3.05, 3.63) is 41.5 Å². The summed E-state index contributed by atoms with van der Waals surface area (Å²) in [7, 11) is 0. The lowest BCUT2D eigenvalue weighted by Gasteiger charge is -2.10. The largest absolute Gasteiger partial charge is 0.493 e. The third-order valence-electron chi connectivity index (χ3n) is 2.30. The summed E-state index contributed by atoms with van der Waals surface area (Å²) in [6, 6.07) is 5.04. The molecule has 0 radical (unpaired) electrons. The lowest BCUT2D eigenvalue weighted by atomic mass is 10.1. The monoisotopic (exact) mass is 220 g/mol. The number of hydrogen-bond donors (Lipinski definition) is 1. The Hall–Kier alpha value is -1.77. The summed E-state index contributed by atoms with van der Waals surface area (Å²) >= 11 is 0. The molecule has 86 valence electrons. The summed E-state index contributed by atoms with van der Waals surface area (Å²) in [6.45, 7) is 7.99. The molecule has 0 aromatic heterocycles. The van der Waals surface area contributed by atoms with Gasteiger partial charge in [-0.25, -0.2) is 4.79 Å². The average Bonchev–Trinajstić information content (AvgIpc) is 2.19. The van der Waals surface area contributed by atoms with E-state index in [9.17, 15) is 4.79 Å². The molecule has 1 rings (SSSR count). The molecule has 0 aliphatic carbocycles. The second-order valence-corrected chi connectivity index (χ2v) is 3.79. The van der Waals surface area contributed by atoms with Crippen molar-refractivity contribution in [2.24, 2.45) is 0 Å². The van der Waals surface area contributed by atoms with Crippen molar-refractivity contribution in [1.29, 1.82) is 0 Å². The van der Waals surface area contributed by atoms with Gasteiger partial charge in [0.1, 0.15) is 5.75 Å². The first-order valence-electron chi connectivity index (χ1n) is 5.12. The maximum absolute atomic E-state index is 10.9. The fraction of sp³-hybridized carbons (Fsp3) is 0.308. The van der Waals surface area contributed by atoms with E-state index < -0.39 is 5.97 Å². The SMILES string of the molecule is C=C(C)CCOc1cccc(C(=O)O)c1C. The molecule has 1 N–H and O–H groups in total. The van der Waals surface area contributed by atoms with Gasteiger partial charge in [0, 0.05) is 12.0 Å². The van der Waals surface area contributed by atoms with Gasteiger partial charge in [0.15, 0.2) is 0 Å². The molecule has 1 aromatic rings. The molecule has 0 atom stereocenters. The van der Waals surface area contributed by atoms with Crippen LogP contribution >= 0.6 is 0 Å². The fourth-order valence-electron chi connectivity index (χ4n) is 1.34. The molecule has 0 aliphatic rings. The summed E-state index contributed by atoms with van der Waals surface area (Å²) in [6.07, 6.45) is 0.775. The summed E-state index contributed by atoms with van der Waals surface area (Å²) in [5.41, 5.74) is 2.00. The van der Waals surface area contributed by atoms with Gasteiger partial charge in [-0.2, -0.15) is 0 Å². The molecule has 0 saturated heterocycles. The van der Waals surface area contributed by atoms with Crippen LogP contribution in [0.2, 0.25) is 0 Å². The number of benzene rings is 1. The van der Waals surface area contributed by atoms with Crippen molar-refractivity contribution in [3.8, 4) is 5.75 Å². The molecule has 0 saturated carbocycles. The van der Waals surface area contributed by atoms with E-state index in [1.807, 2.05) is 6.92 Å². The van der Waals surface area contributed by atoms with E-state index in [1.165, 1.54) is 0 Å². The number of carboxylic acids is 1. The molecule has 0 amide bonds. The van der Waals surface area contributed by atoms with E-state index in [4.69, 9.17) is 9.84 Å². The van der Waals surface area contributed by atoms with E-state index in [0.29, 0.717) is 17.9 Å². The first-order valence-corrected chi connectivity index (χ1v) is 5.12. The van der Waals surface area contributed by atoms with Gasteiger partial charge in [-0.3, -0.25) is 0 Å². The number of aromatic carboxylic acids is 1. The van der Waals surface area contributed by atoms with Gasteiger partial charge in [0.25, 0.3) is 0 Å². The summed E-state index contributed by atoms with van der Waals surface area (Å²) in [5.74, 6) is -0.302. The minimum atomic E-state index is -0.928. The van der Waals surface area contributed by atoms with Gasteiger partial charge in [0.2, 0.25) is 0 Å². The summed E-state index contributed by atoms with van der Waals surface area (Å²) in [4.78, 5) is 10.9. The number of ether oxygens (including phenoxy) is 1. The first kappa shape index (κ1) is 12.3. The summed E-state index contributed by atoms with van der Waals surface area (Å²) < 4.78 is 5.51. The maximum atomic E-state index is 10.9. The van der Waals surface area contributed by atoms with Crippen molar-refractivity contribution in [3.63, 3.8) is 0 Å². The molecule has 0 fully saturated rings. The third kappa shape index (κ3) is 3.12. The Morgan fingerprint density at radius 1 is 1.50 bits per heavy atom. The highest BCUT2D eigenvalue weighted by atomic mass is 16.5. The Kier molecular flexibility index (Phi) is 4.11. The van der Waals surface area contributed by atoms with Gasteiger partial charge in [-0.1, -0.05) is 11.6 Å². The lowest BCUT2D eigenvalue weighted by molar-refractivity contribution is 0.0695. The minimum absolute atomic E-state index is 0.285. The van der Waals surface area contributed by atoms with Crippen LogP contribution < -0.4 is 4.74 Å².